The van der Waals surface area contributed by atoms with Crippen LogP contribution >= 0.6 is 0 Å². The normalized spacial score (nSPS) is 14.1. The van der Waals surface area contributed by atoms with Crippen LogP contribution in [0.25, 0.3) is 54.3 Å². The van der Waals surface area contributed by atoms with Gasteiger partial charge in [0.25, 0.3) is 0 Å². The molecule has 0 spiro atoms. The summed E-state index contributed by atoms with van der Waals surface area (Å²) in [7, 11) is 0. The summed E-state index contributed by atoms with van der Waals surface area (Å²) in [6.07, 6.45) is 3.31. The largest absolute Gasteiger partial charge is 0.512 e. The van der Waals surface area contributed by atoms with E-state index < -0.39 is 5.41 Å². The van der Waals surface area contributed by atoms with E-state index in [9.17, 15) is 9.90 Å². The van der Waals surface area contributed by atoms with E-state index >= 15 is 0 Å². The number of pyridine rings is 1. The average molecular weight is 813 g/mol. The van der Waals surface area contributed by atoms with E-state index in [-0.39, 0.29) is 42.5 Å². The second kappa shape index (κ2) is 12.6. The van der Waals surface area contributed by atoms with Crippen molar-refractivity contribution < 1.29 is 30.0 Å². The van der Waals surface area contributed by atoms with Gasteiger partial charge in [-0.3, -0.25) is 9.78 Å². The van der Waals surface area contributed by atoms with Crippen molar-refractivity contribution in [1.82, 2.24) is 4.98 Å². The van der Waals surface area contributed by atoms with Crippen LogP contribution in [-0.4, -0.2) is 15.9 Å². The topological polar surface area (TPSA) is 50.2 Å². The maximum Gasteiger partial charge on any atom is 0.164 e. The predicted octanol–water partition coefficient (Wildman–Crippen LogP) is 12.0. The number of allylic oxidation sites excluding steroid dienone is 2. The van der Waals surface area contributed by atoms with E-state index in [1.54, 1.807) is 0 Å². The third-order valence-corrected chi connectivity index (χ3v) is 9.70. The Morgan fingerprint density at radius 2 is 1.48 bits per heavy atom. The average Bonchev–Trinajstić information content (AvgIpc) is 3.01. The minimum Gasteiger partial charge on any atom is -0.512 e. The molecule has 0 atom stereocenters. The van der Waals surface area contributed by atoms with Crippen molar-refractivity contribution in [3.63, 3.8) is 0 Å². The number of rotatable bonds is 2. The molecule has 1 aliphatic carbocycles. The SMILES string of the molecule is CC(C)(C)C(=O)/C=C(\O)C(C)(C)C.CC(C)c1ccc2ccc3c4ccnc5c4c(cc3c2c1)C(C)(C)c1cc2ccccc2[c-]c1-5.[Ir]. The Morgan fingerprint density at radius 1 is 0.792 bits per heavy atom. The van der Waals surface area contributed by atoms with Gasteiger partial charge in [-0.05, 0) is 60.8 Å². The van der Waals surface area contributed by atoms with Crippen molar-refractivity contribution in [1.29, 1.82) is 0 Å². The van der Waals surface area contributed by atoms with Gasteiger partial charge in [0.1, 0.15) is 5.76 Å². The van der Waals surface area contributed by atoms with E-state index in [0.717, 1.165) is 16.6 Å². The maximum atomic E-state index is 11.5. The van der Waals surface area contributed by atoms with Gasteiger partial charge in [-0.25, -0.2) is 0 Å². The van der Waals surface area contributed by atoms with Crippen molar-refractivity contribution >= 4 is 48.9 Å². The molecule has 6 aromatic rings. The summed E-state index contributed by atoms with van der Waals surface area (Å²) in [6, 6.07) is 30.8. The molecular formula is C44H46IrNO2-. The number of aromatic nitrogens is 1. The van der Waals surface area contributed by atoms with Gasteiger partial charge in [0, 0.05) is 48.9 Å². The number of hydrogen-bond acceptors (Lipinski definition) is 3. The minimum absolute atomic E-state index is 0. The van der Waals surface area contributed by atoms with Gasteiger partial charge in [0.2, 0.25) is 0 Å². The van der Waals surface area contributed by atoms with Crippen LogP contribution in [0.4, 0.5) is 0 Å². The number of fused-ring (bicyclic) bond motifs is 7. The zero-order valence-electron chi connectivity index (χ0n) is 29.8. The molecule has 249 valence electrons. The number of aliphatic hydroxyl groups is 1. The van der Waals surface area contributed by atoms with Gasteiger partial charge in [0.15, 0.2) is 5.78 Å². The molecule has 0 bridgehead atoms. The number of hydrogen-bond donors (Lipinski definition) is 1. The van der Waals surface area contributed by atoms with Gasteiger partial charge < -0.3 is 5.11 Å². The van der Waals surface area contributed by atoms with Crippen molar-refractivity contribution in [2.45, 2.75) is 80.6 Å². The Morgan fingerprint density at radius 3 is 2.15 bits per heavy atom. The summed E-state index contributed by atoms with van der Waals surface area (Å²) in [6.45, 7) is 20.4. The standard InChI is InChI=1S/C33H26N.C11H20O2.Ir/c1-19(2)21-10-9-20-11-12-24-25-13-14-34-32-28-16-22-7-5-6-8-23(22)17-29(28)33(3,4)30(31(25)32)18-27(24)26(20)15-21;1-10(2,3)8(12)7-9(13)11(4,5)6;/h5-15,17-19H,1-4H3;7,12H,1-6H3;/q-1;;/b;8-7-;. The number of aliphatic hydroxyl groups excluding tert-OH is 1. The molecule has 1 aromatic heterocycles. The van der Waals surface area contributed by atoms with Crippen LogP contribution in [0, 0.1) is 16.9 Å². The smallest absolute Gasteiger partial charge is 0.164 e. The molecule has 0 unspecified atom stereocenters. The molecule has 0 fully saturated rings. The van der Waals surface area contributed by atoms with Gasteiger partial charge in [0.05, 0.1) is 0 Å². The second-order valence-electron chi connectivity index (χ2n) is 16.0. The Balaban J connectivity index is 0.000000277. The summed E-state index contributed by atoms with van der Waals surface area (Å²) in [5.74, 6) is 0.605. The summed E-state index contributed by atoms with van der Waals surface area (Å²) in [5, 5.41) is 19.8. The molecular weight excluding hydrogens is 767 g/mol. The molecule has 48 heavy (non-hydrogen) atoms. The molecule has 0 aliphatic heterocycles. The first-order valence-corrected chi connectivity index (χ1v) is 16.7. The van der Waals surface area contributed by atoms with E-state index in [2.05, 4.69) is 107 Å². The van der Waals surface area contributed by atoms with Gasteiger partial charge >= 0.3 is 0 Å². The molecule has 0 saturated carbocycles. The fraction of sp³-hybridized carbons (Fsp3) is 0.318. The third-order valence-electron chi connectivity index (χ3n) is 9.70. The molecule has 4 heteroatoms. The van der Waals surface area contributed by atoms with Crippen molar-refractivity contribution in [3.05, 3.63) is 114 Å². The summed E-state index contributed by atoms with van der Waals surface area (Å²) < 4.78 is 0. The van der Waals surface area contributed by atoms with Crippen LogP contribution in [0.3, 0.4) is 0 Å². The zero-order valence-corrected chi connectivity index (χ0v) is 32.2. The summed E-state index contributed by atoms with van der Waals surface area (Å²) in [4.78, 5) is 16.4. The molecule has 5 aromatic carbocycles. The van der Waals surface area contributed by atoms with Gasteiger partial charge in [-0.1, -0.05) is 140 Å². The fourth-order valence-corrected chi connectivity index (χ4v) is 6.52. The quantitative estimate of drug-likeness (QED) is 0.0820. The molecule has 7 rings (SSSR count). The number of nitrogens with zero attached hydrogens (tertiary/aromatic N) is 1. The van der Waals surface area contributed by atoms with Gasteiger partial charge in [-0.15, -0.1) is 23.6 Å². The fourth-order valence-electron chi connectivity index (χ4n) is 6.52. The molecule has 3 nitrogen and oxygen atoms in total. The number of carbonyl (C=O) groups excluding carboxylic acids is 1. The predicted molar refractivity (Wildman–Crippen MR) is 199 cm³/mol. The molecule has 0 saturated heterocycles. The van der Waals surface area contributed by atoms with E-state index in [4.69, 9.17) is 4.98 Å². The Hall–Kier alpha value is -3.85. The molecule has 1 aliphatic rings. The number of ketones is 1. The Kier molecular flexibility index (Phi) is 9.27. The number of benzene rings is 5. The zero-order chi connectivity index (χ0) is 34.1. The minimum atomic E-state index is -0.417. The van der Waals surface area contributed by atoms with E-state index in [1.165, 1.54) is 60.5 Å². The molecule has 1 heterocycles. The second-order valence-corrected chi connectivity index (χ2v) is 16.0. The van der Waals surface area contributed by atoms with Crippen molar-refractivity contribution in [2.75, 3.05) is 0 Å². The van der Waals surface area contributed by atoms with E-state index in [0.29, 0.717) is 5.92 Å². The Labute approximate surface area is 298 Å². The van der Waals surface area contributed by atoms with Crippen LogP contribution in [0.15, 0.2) is 90.8 Å². The van der Waals surface area contributed by atoms with Crippen molar-refractivity contribution in [2.24, 2.45) is 10.8 Å². The van der Waals surface area contributed by atoms with Gasteiger partial charge in [-0.2, -0.15) is 0 Å². The first-order chi connectivity index (χ1) is 22.0. The van der Waals surface area contributed by atoms with Crippen LogP contribution in [0.1, 0.15) is 91.8 Å². The molecule has 1 N–H and O–H groups in total. The van der Waals surface area contributed by atoms with Crippen LogP contribution in [0.2, 0.25) is 0 Å². The summed E-state index contributed by atoms with van der Waals surface area (Å²) >= 11 is 0. The van der Waals surface area contributed by atoms with E-state index in [1.807, 2.05) is 47.7 Å². The number of carbonyl (C=O) groups is 1. The molecule has 1 radical (unpaired) electrons. The van der Waals surface area contributed by atoms with Crippen LogP contribution in [0.5, 0.6) is 0 Å². The van der Waals surface area contributed by atoms with Crippen LogP contribution in [-0.2, 0) is 30.3 Å². The summed E-state index contributed by atoms with van der Waals surface area (Å²) in [5.41, 5.74) is 5.33. The third kappa shape index (κ3) is 6.22. The molecule has 0 amide bonds. The monoisotopic (exact) mass is 813 g/mol. The first-order valence-electron chi connectivity index (χ1n) is 16.7. The van der Waals surface area contributed by atoms with Crippen molar-refractivity contribution in [3.8, 4) is 11.3 Å². The Bertz CT molecular complexity index is 2240. The maximum absolute atomic E-state index is 11.5. The van der Waals surface area contributed by atoms with Crippen LogP contribution < -0.4 is 0 Å². The first kappa shape index (κ1) is 35.5.